The van der Waals surface area contributed by atoms with Gasteiger partial charge in [0.1, 0.15) is 12.4 Å². The van der Waals surface area contributed by atoms with E-state index in [1.807, 2.05) is 4.90 Å². The van der Waals surface area contributed by atoms with Crippen LogP contribution in [-0.4, -0.2) is 39.7 Å². The van der Waals surface area contributed by atoms with Crippen molar-refractivity contribution in [1.29, 1.82) is 0 Å². The molecule has 0 saturated carbocycles. The van der Waals surface area contributed by atoms with Gasteiger partial charge in [-0.1, -0.05) is 0 Å². The fourth-order valence-corrected chi connectivity index (χ4v) is 2.24. The molecule has 1 aliphatic rings. The van der Waals surface area contributed by atoms with E-state index in [1.54, 1.807) is 0 Å². The topological polar surface area (TPSA) is 92.4 Å². The summed E-state index contributed by atoms with van der Waals surface area (Å²) in [4.78, 5) is 20.1. The summed E-state index contributed by atoms with van der Waals surface area (Å²) in [5.74, 6) is 0.978. The second-order valence-corrected chi connectivity index (χ2v) is 4.46. The maximum Gasteiger partial charge on any atom is 0.305 e. The van der Waals surface area contributed by atoms with E-state index in [-0.39, 0.29) is 12.3 Å². The maximum atomic E-state index is 10.5. The third-order valence-corrected chi connectivity index (χ3v) is 3.17. The van der Waals surface area contributed by atoms with Gasteiger partial charge in [0.2, 0.25) is 5.95 Å². The van der Waals surface area contributed by atoms with Gasteiger partial charge in [-0.3, -0.25) is 10.1 Å². The Hall–Kier alpha value is -1.76. The Bertz CT molecular complexity index is 407. The van der Waals surface area contributed by atoms with E-state index < -0.39 is 4.92 Å². The van der Waals surface area contributed by atoms with Crippen molar-refractivity contribution in [3.8, 4) is 0 Å². The number of hydrogen-bond donors (Lipinski definition) is 1. The molecule has 1 aliphatic heterocycles. The van der Waals surface area contributed by atoms with E-state index >= 15 is 0 Å². The Balaban J connectivity index is 2.04. The second-order valence-electron chi connectivity index (χ2n) is 4.46. The molecule has 0 amide bonds. The molecule has 0 radical (unpaired) electrons. The van der Waals surface area contributed by atoms with E-state index in [9.17, 15) is 10.1 Å². The van der Waals surface area contributed by atoms with Crippen LogP contribution in [0.4, 0.5) is 11.6 Å². The smallest absolute Gasteiger partial charge is 0.305 e. The minimum absolute atomic E-state index is 0.0948. The Morgan fingerprint density at radius 2 is 2.22 bits per heavy atom. The van der Waals surface area contributed by atoms with Crippen LogP contribution in [0.15, 0.2) is 12.4 Å². The minimum atomic E-state index is -0.505. The third kappa shape index (κ3) is 2.92. The van der Waals surface area contributed by atoms with Crippen molar-refractivity contribution in [2.45, 2.75) is 19.3 Å². The lowest BCUT2D eigenvalue weighted by molar-refractivity contribution is -0.385. The summed E-state index contributed by atoms with van der Waals surface area (Å²) in [6.07, 6.45) is 5.38. The molecule has 1 atom stereocenters. The van der Waals surface area contributed by atoms with E-state index in [0.717, 1.165) is 32.4 Å². The molecule has 18 heavy (non-hydrogen) atoms. The molecule has 1 N–H and O–H groups in total. The molecule has 1 unspecified atom stereocenters. The molecule has 1 saturated heterocycles. The predicted octanol–water partition coefficient (Wildman–Crippen LogP) is 0.984. The van der Waals surface area contributed by atoms with Crippen LogP contribution in [0.1, 0.15) is 19.3 Å². The average Bonchev–Trinajstić information content (AvgIpc) is 2.39. The molecule has 2 heterocycles. The van der Waals surface area contributed by atoms with Gasteiger partial charge in [0.05, 0.1) is 4.92 Å². The summed E-state index contributed by atoms with van der Waals surface area (Å²) in [6, 6.07) is 0. The van der Waals surface area contributed by atoms with E-state index in [1.165, 1.54) is 12.4 Å². The normalized spacial score (nSPS) is 19.8. The molecular formula is C11H16N4O3. The highest BCUT2D eigenvalue weighted by Gasteiger charge is 2.21. The van der Waals surface area contributed by atoms with Crippen molar-refractivity contribution in [2.24, 2.45) is 5.92 Å². The van der Waals surface area contributed by atoms with Crippen molar-refractivity contribution < 1.29 is 10.0 Å². The standard InChI is InChI=1S/C11H16N4O3/c16-5-3-9-2-1-4-14(8-9)11-12-6-10(7-13-11)15(17)18/h6-7,9,16H,1-5,8H2. The largest absolute Gasteiger partial charge is 0.396 e. The van der Waals surface area contributed by atoms with Gasteiger partial charge >= 0.3 is 5.69 Å². The van der Waals surface area contributed by atoms with Crippen molar-refractivity contribution in [2.75, 3.05) is 24.6 Å². The average molecular weight is 252 g/mol. The van der Waals surface area contributed by atoms with Crippen LogP contribution in [0.3, 0.4) is 0 Å². The molecular weight excluding hydrogens is 236 g/mol. The number of rotatable bonds is 4. The summed E-state index contributed by atoms with van der Waals surface area (Å²) in [5, 5.41) is 19.5. The Kier molecular flexibility index (Phi) is 4.03. The molecule has 1 fully saturated rings. The fraction of sp³-hybridized carbons (Fsp3) is 0.636. The first kappa shape index (κ1) is 12.7. The molecule has 0 bridgehead atoms. The molecule has 0 spiro atoms. The molecule has 0 aromatic carbocycles. The number of nitrogens with zero attached hydrogens (tertiary/aromatic N) is 4. The van der Waals surface area contributed by atoms with Crippen LogP contribution in [-0.2, 0) is 0 Å². The van der Waals surface area contributed by atoms with Crippen molar-refractivity contribution >= 4 is 11.6 Å². The summed E-state index contributed by atoms with van der Waals surface area (Å²) >= 11 is 0. The highest BCUT2D eigenvalue weighted by molar-refractivity contribution is 5.34. The minimum Gasteiger partial charge on any atom is -0.396 e. The van der Waals surface area contributed by atoms with Crippen LogP contribution in [0.2, 0.25) is 0 Å². The zero-order valence-corrected chi connectivity index (χ0v) is 10.0. The van der Waals surface area contributed by atoms with Crippen LogP contribution < -0.4 is 4.90 Å². The summed E-state index contributed by atoms with van der Waals surface area (Å²) in [7, 11) is 0. The van der Waals surface area contributed by atoms with Crippen LogP contribution in [0.5, 0.6) is 0 Å². The highest BCUT2D eigenvalue weighted by atomic mass is 16.6. The number of aliphatic hydroxyl groups is 1. The molecule has 1 aromatic rings. The molecule has 98 valence electrons. The number of aliphatic hydroxyl groups excluding tert-OH is 1. The van der Waals surface area contributed by atoms with Gasteiger partial charge in [-0.25, -0.2) is 9.97 Å². The van der Waals surface area contributed by atoms with Gasteiger partial charge in [-0.05, 0) is 25.2 Å². The van der Waals surface area contributed by atoms with Gasteiger partial charge in [0.25, 0.3) is 0 Å². The monoisotopic (exact) mass is 252 g/mol. The van der Waals surface area contributed by atoms with Crippen molar-refractivity contribution in [1.82, 2.24) is 9.97 Å². The van der Waals surface area contributed by atoms with E-state index in [2.05, 4.69) is 9.97 Å². The van der Waals surface area contributed by atoms with Gasteiger partial charge < -0.3 is 10.0 Å². The zero-order chi connectivity index (χ0) is 13.0. The first-order chi connectivity index (χ1) is 8.70. The summed E-state index contributed by atoms with van der Waals surface area (Å²) < 4.78 is 0. The Morgan fingerprint density at radius 1 is 1.50 bits per heavy atom. The number of nitro groups is 1. The lowest BCUT2D eigenvalue weighted by Gasteiger charge is -2.32. The van der Waals surface area contributed by atoms with Gasteiger partial charge in [0, 0.05) is 19.7 Å². The molecule has 7 nitrogen and oxygen atoms in total. The van der Waals surface area contributed by atoms with E-state index in [4.69, 9.17) is 5.11 Å². The quantitative estimate of drug-likeness (QED) is 0.634. The van der Waals surface area contributed by atoms with Gasteiger partial charge in [-0.15, -0.1) is 0 Å². The van der Waals surface area contributed by atoms with Crippen LogP contribution >= 0.6 is 0 Å². The zero-order valence-electron chi connectivity index (χ0n) is 10.0. The third-order valence-electron chi connectivity index (χ3n) is 3.17. The van der Waals surface area contributed by atoms with Crippen LogP contribution in [0.25, 0.3) is 0 Å². The Labute approximate surface area is 105 Å². The fourth-order valence-electron chi connectivity index (χ4n) is 2.24. The predicted molar refractivity (Wildman–Crippen MR) is 65.3 cm³/mol. The lowest BCUT2D eigenvalue weighted by Crippen LogP contribution is -2.36. The maximum absolute atomic E-state index is 10.5. The number of hydrogen-bond acceptors (Lipinski definition) is 6. The summed E-state index contributed by atoms with van der Waals surface area (Å²) in [6.45, 7) is 1.86. The lowest BCUT2D eigenvalue weighted by atomic mass is 9.95. The first-order valence-corrected chi connectivity index (χ1v) is 6.03. The van der Waals surface area contributed by atoms with Crippen molar-refractivity contribution in [3.63, 3.8) is 0 Å². The van der Waals surface area contributed by atoms with E-state index in [0.29, 0.717) is 11.9 Å². The van der Waals surface area contributed by atoms with Crippen molar-refractivity contribution in [3.05, 3.63) is 22.5 Å². The highest BCUT2D eigenvalue weighted by Crippen LogP contribution is 2.22. The Morgan fingerprint density at radius 3 is 2.83 bits per heavy atom. The summed E-state index contributed by atoms with van der Waals surface area (Å²) in [5.41, 5.74) is -0.0948. The van der Waals surface area contributed by atoms with Gasteiger partial charge in [0.15, 0.2) is 0 Å². The number of anilines is 1. The second kappa shape index (κ2) is 5.72. The first-order valence-electron chi connectivity index (χ1n) is 6.03. The van der Waals surface area contributed by atoms with Crippen LogP contribution in [0, 0.1) is 16.0 Å². The number of aromatic nitrogens is 2. The number of piperidine rings is 1. The van der Waals surface area contributed by atoms with Gasteiger partial charge in [-0.2, -0.15) is 0 Å². The molecule has 2 rings (SSSR count). The SMILES string of the molecule is O=[N+]([O-])c1cnc(N2CCCC(CCO)C2)nc1. The molecule has 7 heteroatoms. The molecule has 0 aliphatic carbocycles. The molecule has 1 aromatic heterocycles.